The Morgan fingerprint density at radius 1 is 1.40 bits per heavy atom. The highest BCUT2D eigenvalue weighted by Gasteiger charge is 2.49. The van der Waals surface area contributed by atoms with Crippen molar-refractivity contribution in [1.29, 1.82) is 0 Å². The van der Waals surface area contributed by atoms with Crippen molar-refractivity contribution >= 4 is 11.9 Å². The van der Waals surface area contributed by atoms with Gasteiger partial charge in [-0.15, -0.1) is 0 Å². The fraction of sp³-hybridized carbons (Fsp3) is 0.400. The van der Waals surface area contributed by atoms with Gasteiger partial charge in [-0.1, -0.05) is 6.92 Å². The van der Waals surface area contributed by atoms with Gasteiger partial charge in [-0.2, -0.15) is 0 Å². The minimum absolute atomic E-state index is 0.164. The number of carbonyl (C=O) groups excluding carboxylic acids is 2. The van der Waals surface area contributed by atoms with E-state index in [4.69, 9.17) is 4.74 Å². The van der Waals surface area contributed by atoms with Crippen molar-refractivity contribution < 1.29 is 14.3 Å². The number of nitrogens with one attached hydrogen (secondary N) is 2. The summed E-state index contributed by atoms with van der Waals surface area (Å²) >= 11 is 0. The first-order valence-electron chi connectivity index (χ1n) is 4.81. The summed E-state index contributed by atoms with van der Waals surface area (Å²) < 4.78 is 4.91. The summed E-state index contributed by atoms with van der Waals surface area (Å²) in [7, 11) is 0. The normalized spacial score (nSPS) is 29.9. The van der Waals surface area contributed by atoms with Gasteiger partial charge in [0.05, 0.1) is 12.5 Å². The van der Waals surface area contributed by atoms with E-state index in [1.165, 1.54) is 12.5 Å². The van der Waals surface area contributed by atoms with Gasteiger partial charge in [0, 0.05) is 5.92 Å². The third kappa shape index (κ3) is 1.40. The fourth-order valence-corrected chi connectivity index (χ4v) is 1.92. The van der Waals surface area contributed by atoms with Crippen LogP contribution in [0.15, 0.2) is 24.7 Å². The van der Waals surface area contributed by atoms with Crippen LogP contribution in [-0.4, -0.2) is 17.5 Å². The number of carbonyl (C=O) groups is 2. The Balaban J connectivity index is 2.32. The summed E-state index contributed by atoms with van der Waals surface area (Å²) in [6.07, 6.45) is 7.08. The number of ether oxygens (including phenoxy) is 1. The summed E-state index contributed by atoms with van der Waals surface area (Å²) in [4.78, 5) is 22.9. The highest BCUT2D eigenvalue weighted by Crippen LogP contribution is 2.29. The number of rotatable bonds is 2. The Morgan fingerprint density at radius 3 is 2.53 bits per heavy atom. The zero-order valence-electron chi connectivity index (χ0n) is 8.32. The highest BCUT2D eigenvalue weighted by atomic mass is 16.5. The highest BCUT2D eigenvalue weighted by molar-refractivity contribution is 6.07. The molecular weight excluding hydrogens is 196 g/mol. The number of imide groups is 1. The van der Waals surface area contributed by atoms with E-state index >= 15 is 0 Å². The second-order valence-electron chi connectivity index (χ2n) is 3.55. The van der Waals surface area contributed by atoms with E-state index in [-0.39, 0.29) is 11.8 Å². The van der Waals surface area contributed by atoms with Crippen molar-refractivity contribution in [2.75, 3.05) is 0 Å². The van der Waals surface area contributed by atoms with Crippen LogP contribution >= 0.6 is 0 Å². The van der Waals surface area contributed by atoms with Gasteiger partial charge >= 0.3 is 6.03 Å². The van der Waals surface area contributed by atoms with E-state index in [0.29, 0.717) is 6.42 Å². The first-order chi connectivity index (χ1) is 7.19. The smallest absolute Gasteiger partial charge is 0.322 e. The topological polar surface area (TPSA) is 67.4 Å². The Bertz CT molecular complexity index is 350. The minimum Gasteiger partial charge on any atom is -0.473 e. The first kappa shape index (κ1) is 9.76. The zero-order valence-corrected chi connectivity index (χ0v) is 8.32. The molecule has 2 heterocycles. The quantitative estimate of drug-likeness (QED) is 0.655. The summed E-state index contributed by atoms with van der Waals surface area (Å²) in [6, 6.07) is -0.435. The van der Waals surface area contributed by atoms with Gasteiger partial charge in [0.25, 0.3) is 5.91 Å². The molecule has 15 heavy (non-hydrogen) atoms. The number of hydrogen-bond acceptors (Lipinski definition) is 3. The maximum atomic E-state index is 11.7. The summed E-state index contributed by atoms with van der Waals surface area (Å²) in [6.45, 7) is 1.86. The molecule has 2 aliphatic heterocycles. The lowest BCUT2D eigenvalue weighted by Gasteiger charge is -2.30. The number of hydrogen-bond donors (Lipinski definition) is 2. The van der Waals surface area contributed by atoms with Crippen LogP contribution in [0.4, 0.5) is 4.79 Å². The summed E-state index contributed by atoms with van der Waals surface area (Å²) in [5, 5.41) is 4.94. The van der Waals surface area contributed by atoms with Gasteiger partial charge in [0.1, 0.15) is 5.54 Å². The Hall–Kier alpha value is -1.78. The molecule has 0 spiro atoms. The SMILES string of the molecule is CC[C@]1(C2C=COC=C2)NC(=O)NC1=O. The lowest BCUT2D eigenvalue weighted by atomic mass is 9.81. The minimum atomic E-state index is -0.867. The van der Waals surface area contributed by atoms with Crippen molar-refractivity contribution in [2.45, 2.75) is 18.9 Å². The van der Waals surface area contributed by atoms with Crippen molar-refractivity contribution in [2.24, 2.45) is 5.92 Å². The number of amides is 3. The van der Waals surface area contributed by atoms with Crippen LogP contribution in [0.5, 0.6) is 0 Å². The zero-order chi connectivity index (χ0) is 10.9. The Morgan fingerprint density at radius 2 is 2.07 bits per heavy atom. The lowest BCUT2D eigenvalue weighted by molar-refractivity contribution is -0.124. The molecule has 3 amide bonds. The van der Waals surface area contributed by atoms with Crippen molar-refractivity contribution in [3.8, 4) is 0 Å². The summed E-state index contributed by atoms with van der Waals surface area (Å²) in [5.74, 6) is -0.445. The molecule has 0 aromatic carbocycles. The molecule has 2 N–H and O–H groups in total. The van der Waals surface area contributed by atoms with Gasteiger partial charge in [-0.25, -0.2) is 4.79 Å². The standard InChI is InChI=1S/C10H12N2O3/c1-2-10(7-3-5-15-6-4-7)8(13)11-9(14)12-10/h3-7H,2H2,1H3,(H2,11,12,13,14)/t10-/m1/s1. The van der Waals surface area contributed by atoms with Crippen LogP contribution in [0, 0.1) is 5.92 Å². The van der Waals surface area contributed by atoms with Gasteiger partial charge in [-0.05, 0) is 18.6 Å². The molecule has 0 aromatic rings. The second kappa shape index (κ2) is 3.42. The number of urea groups is 1. The molecule has 1 saturated heterocycles. The molecule has 2 rings (SSSR count). The maximum Gasteiger partial charge on any atom is 0.322 e. The van der Waals surface area contributed by atoms with Gasteiger partial charge < -0.3 is 10.1 Å². The van der Waals surface area contributed by atoms with Gasteiger partial charge in [0.15, 0.2) is 0 Å². The van der Waals surface area contributed by atoms with Gasteiger partial charge in [0.2, 0.25) is 0 Å². The molecule has 0 bridgehead atoms. The molecule has 1 fully saturated rings. The lowest BCUT2D eigenvalue weighted by Crippen LogP contribution is -2.51. The summed E-state index contributed by atoms with van der Waals surface area (Å²) in [5.41, 5.74) is -0.867. The van der Waals surface area contributed by atoms with Crippen molar-refractivity contribution in [1.82, 2.24) is 10.6 Å². The molecular formula is C10H12N2O3. The van der Waals surface area contributed by atoms with Crippen LogP contribution in [-0.2, 0) is 9.53 Å². The molecule has 2 aliphatic rings. The first-order valence-corrected chi connectivity index (χ1v) is 4.81. The molecule has 0 aliphatic carbocycles. The predicted octanol–water partition coefficient (Wildman–Crippen LogP) is 0.648. The van der Waals surface area contributed by atoms with Crippen molar-refractivity contribution in [3.63, 3.8) is 0 Å². The van der Waals surface area contributed by atoms with Crippen LogP contribution in [0.2, 0.25) is 0 Å². The van der Waals surface area contributed by atoms with E-state index in [0.717, 1.165) is 0 Å². The molecule has 0 unspecified atom stereocenters. The van der Waals surface area contributed by atoms with E-state index in [1.54, 1.807) is 12.2 Å². The Kier molecular flexibility index (Phi) is 2.22. The molecule has 0 radical (unpaired) electrons. The van der Waals surface area contributed by atoms with E-state index in [2.05, 4.69) is 10.6 Å². The van der Waals surface area contributed by atoms with E-state index in [9.17, 15) is 9.59 Å². The largest absolute Gasteiger partial charge is 0.473 e. The molecule has 80 valence electrons. The molecule has 1 atom stereocenters. The van der Waals surface area contributed by atoms with Crippen LogP contribution in [0.1, 0.15) is 13.3 Å². The molecule has 5 heteroatoms. The van der Waals surface area contributed by atoms with Gasteiger partial charge in [-0.3, -0.25) is 10.1 Å². The third-order valence-corrected chi connectivity index (χ3v) is 2.82. The third-order valence-electron chi connectivity index (χ3n) is 2.82. The van der Waals surface area contributed by atoms with E-state index < -0.39 is 11.6 Å². The van der Waals surface area contributed by atoms with E-state index in [1.807, 2.05) is 6.92 Å². The molecule has 0 aromatic heterocycles. The monoisotopic (exact) mass is 208 g/mol. The second-order valence-corrected chi connectivity index (χ2v) is 3.55. The average molecular weight is 208 g/mol. The Labute approximate surface area is 87.2 Å². The average Bonchev–Trinajstić information content (AvgIpc) is 2.56. The van der Waals surface area contributed by atoms with Crippen LogP contribution < -0.4 is 10.6 Å². The van der Waals surface area contributed by atoms with Crippen LogP contribution in [0.25, 0.3) is 0 Å². The fourth-order valence-electron chi connectivity index (χ4n) is 1.92. The molecule has 0 saturated carbocycles. The van der Waals surface area contributed by atoms with Crippen molar-refractivity contribution in [3.05, 3.63) is 24.7 Å². The molecule has 5 nitrogen and oxygen atoms in total. The predicted molar refractivity (Wildman–Crippen MR) is 52.6 cm³/mol. The maximum absolute atomic E-state index is 11.7. The van der Waals surface area contributed by atoms with Crippen LogP contribution in [0.3, 0.4) is 0 Å².